The Labute approximate surface area is 235 Å². The largest absolute Gasteiger partial charge is 0.586 e. The number of carboxylic acid groups (broad SMARTS) is 1. The van der Waals surface area contributed by atoms with Crippen LogP contribution in [0.3, 0.4) is 0 Å². The van der Waals surface area contributed by atoms with Gasteiger partial charge in [-0.3, -0.25) is 9.59 Å². The summed E-state index contributed by atoms with van der Waals surface area (Å²) in [5.41, 5.74) is -0.579. The van der Waals surface area contributed by atoms with Gasteiger partial charge >= 0.3 is 18.6 Å². The molecule has 2 N–H and O–H groups in total. The zero-order chi connectivity index (χ0) is 30.0. The minimum absolute atomic E-state index is 0.0899. The average Bonchev–Trinajstić information content (AvgIpc) is 3.40. The molecule has 3 atom stereocenters. The van der Waals surface area contributed by atoms with Gasteiger partial charge in [0.1, 0.15) is 35.4 Å². The predicted molar refractivity (Wildman–Crippen MR) is 132 cm³/mol. The number of carbonyl (C=O) groups is 2. The van der Waals surface area contributed by atoms with Crippen LogP contribution in [0.2, 0.25) is 0 Å². The maximum Gasteiger partial charge on any atom is 0.586 e. The van der Waals surface area contributed by atoms with Crippen molar-refractivity contribution in [2.24, 2.45) is 11.8 Å². The SMILES string of the molecule is C[C@]1(C(=O)N[C@@H]2C[C@H]([C@H]3CC[C@H](C(=O)O)CC3)Oc3cc(OC(F)(F)F)ccc32)COc2cc3c(cc21)OC(F)(F)O3. The van der Waals surface area contributed by atoms with Gasteiger partial charge in [0, 0.05) is 29.7 Å². The molecular weight excluding hydrogens is 573 g/mol. The fourth-order valence-corrected chi connectivity index (χ4v) is 6.17. The van der Waals surface area contributed by atoms with Gasteiger partial charge in [-0.2, -0.15) is 0 Å². The first-order valence-electron chi connectivity index (χ1n) is 13.4. The van der Waals surface area contributed by atoms with Crippen molar-refractivity contribution >= 4 is 11.9 Å². The first-order valence-corrected chi connectivity index (χ1v) is 13.4. The number of hydrogen-bond acceptors (Lipinski definition) is 7. The van der Waals surface area contributed by atoms with Gasteiger partial charge in [0.15, 0.2) is 11.5 Å². The van der Waals surface area contributed by atoms with Gasteiger partial charge in [-0.1, -0.05) is 0 Å². The highest BCUT2D eigenvalue weighted by Gasteiger charge is 2.50. The molecular formula is C28H26F5NO8. The van der Waals surface area contributed by atoms with Gasteiger partial charge in [0.25, 0.3) is 0 Å². The Balaban J connectivity index is 1.27. The normalized spacial score (nSPS) is 29.0. The summed E-state index contributed by atoms with van der Waals surface area (Å²) in [7, 11) is 0. The van der Waals surface area contributed by atoms with Crippen molar-refractivity contribution in [2.45, 2.75) is 69.2 Å². The summed E-state index contributed by atoms with van der Waals surface area (Å²) in [6, 6.07) is 5.46. The number of carbonyl (C=O) groups excluding carboxylic acids is 1. The van der Waals surface area contributed by atoms with Crippen LogP contribution in [-0.4, -0.2) is 42.4 Å². The number of hydrogen-bond donors (Lipinski definition) is 2. The maximum absolute atomic E-state index is 13.8. The quantitative estimate of drug-likeness (QED) is 0.436. The topological polar surface area (TPSA) is 113 Å². The number of nitrogens with one attached hydrogen (secondary N) is 1. The van der Waals surface area contributed by atoms with Crippen LogP contribution < -0.4 is 29.0 Å². The Hall–Kier alpha value is -3.97. The first kappa shape index (κ1) is 28.2. The molecule has 2 aromatic rings. The van der Waals surface area contributed by atoms with Crippen LogP contribution in [0.1, 0.15) is 56.2 Å². The van der Waals surface area contributed by atoms with Crippen LogP contribution in [0, 0.1) is 11.8 Å². The minimum atomic E-state index is -4.92. The third-order valence-electron chi connectivity index (χ3n) is 8.41. The molecule has 0 saturated heterocycles. The van der Waals surface area contributed by atoms with E-state index in [1.165, 1.54) is 18.2 Å². The van der Waals surface area contributed by atoms with Crippen LogP contribution in [0.4, 0.5) is 22.0 Å². The van der Waals surface area contributed by atoms with E-state index < -0.39 is 53.8 Å². The monoisotopic (exact) mass is 599 g/mol. The summed E-state index contributed by atoms with van der Waals surface area (Å²) in [4.78, 5) is 25.2. The molecule has 0 aromatic heterocycles. The van der Waals surface area contributed by atoms with Crippen molar-refractivity contribution in [3.8, 4) is 28.7 Å². The molecule has 1 fully saturated rings. The van der Waals surface area contributed by atoms with Gasteiger partial charge in [0.05, 0.1) is 12.0 Å². The molecule has 1 amide bonds. The molecule has 14 heteroatoms. The summed E-state index contributed by atoms with van der Waals surface area (Å²) in [6.07, 6.45) is -7.08. The summed E-state index contributed by atoms with van der Waals surface area (Å²) >= 11 is 0. The van der Waals surface area contributed by atoms with Crippen LogP contribution in [0.25, 0.3) is 0 Å². The number of rotatable bonds is 5. The maximum atomic E-state index is 13.8. The molecule has 3 aliphatic heterocycles. The smallest absolute Gasteiger partial charge is 0.492 e. The highest BCUT2D eigenvalue weighted by atomic mass is 19.4. The van der Waals surface area contributed by atoms with Crippen LogP contribution in [0.5, 0.6) is 28.7 Å². The van der Waals surface area contributed by atoms with E-state index in [2.05, 4.69) is 19.5 Å². The Morgan fingerprint density at radius 3 is 2.36 bits per heavy atom. The number of halogens is 5. The Morgan fingerprint density at radius 1 is 1.00 bits per heavy atom. The molecule has 0 radical (unpaired) electrons. The number of carboxylic acids is 1. The highest BCUT2D eigenvalue weighted by Crippen LogP contribution is 2.50. The zero-order valence-corrected chi connectivity index (χ0v) is 22.1. The van der Waals surface area contributed by atoms with E-state index in [1.807, 2.05) is 0 Å². The molecule has 226 valence electrons. The molecule has 2 aromatic carbocycles. The second kappa shape index (κ2) is 9.80. The van der Waals surface area contributed by atoms with E-state index in [9.17, 15) is 36.6 Å². The second-order valence-electron chi connectivity index (χ2n) is 11.2. The number of benzene rings is 2. The van der Waals surface area contributed by atoms with Gasteiger partial charge in [-0.05, 0) is 56.7 Å². The molecule has 0 bridgehead atoms. The van der Waals surface area contributed by atoms with E-state index in [0.717, 1.165) is 12.1 Å². The highest BCUT2D eigenvalue weighted by molar-refractivity contribution is 5.90. The van der Waals surface area contributed by atoms with Gasteiger partial charge in [-0.15, -0.1) is 22.0 Å². The molecule has 4 aliphatic rings. The third-order valence-corrected chi connectivity index (χ3v) is 8.41. The fourth-order valence-electron chi connectivity index (χ4n) is 6.17. The van der Waals surface area contributed by atoms with Crippen molar-refractivity contribution in [3.63, 3.8) is 0 Å². The second-order valence-corrected chi connectivity index (χ2v) is 11.2. The van der Waals surface area contributed by atoms with Crippen molar-refractivity contribution in [3.05, 3.63) is 41.5 Å². The molecule has 42 heavy (non-hydrogen) atoms. The van der Waals surface area contributed by atoms with Gasteiger partial charge in [0.2, 0.25) is 5.91 Å². The van der Waals surface area contributed by atoms with Crippen molar-refractivity contribution in [1.29, 1.82) is 0 Å². The Kier molecular flexibility index (Phi) is 6.57. The lowest BCUT2D eigenvalue weighted by molar-refractivity contribution is -0.286. The van der Waals surface area contributed by atoms with Crippen molar-refractivity contribution in [1.82, 2.24) is 5.32 Å². The van der Waals surface area contributed by atoms with Crippen molar-refractivity contribution < 1.29 is 60.3 Å². The average molecular weight is 600 g/mol. The number of ether oxygens (including phenoxy) is 5. The van der Waals surface area contributed by atoms with Crippen LogP contribution in [0.15, 0.2) is 30.3 Å². The molecule has 1 saturated carbocycles. The Bertz CT molecular complexity index is 1420. The van der Waals surface area contributed by atoms with E-state index in [0.29, 0.717) is 36.8 Å². The fraction of sp³-hybridized carbons (Fsp3) is 0.500. The molecule has 3 heterocycles. The van der Waals surface area contributed by atoms with E-state index in [-0.39, 0.29) is 41.9 Å². The van der Waals surface area contributed by atoms with Crippen LogP contribution >= 0.6 is 0 Å². The number of amides is 1. The zero-order valence-electron chi connectivity index (χ0n) is 22.1. The third kappa shape index (κ3) is 5.22. The van der Waals surface area contributed by atoms with Gasteiger partial charge < -0.3 is 34.1 Å². The molecule has 6 rings (SSSR count). The van der Waals surface area contributed by atoms with Gasteiger partial charge in [-0.25, -0.2) is 0 Å². The van der Waals surface area contributed by atoms with E-state index in [1.54, 1.807) is 6.92 Å². The van der Waals surface area contributed by atoms with Crippen molar-refractivity contribution in [2.75, 3.05) is 6.61 Å². The first-order chi connectivity index (χ1) is 19.7. The lowest BCUT2D eigenvalue weighted by Crippen LogP contribution is -2.47. The van der Waals surface area contributed by atoms with E-state index in [4.69, 9.17) is 9.47 Å². The summed E-state index contributed by atoms with van der Waals surface area (Å²) < 4.78 is 90.9. The number of alkyl halides is 5. The number of fused-ring (bicyclic) bond motifs is 3. The minimum Gasteiger partial charge on any atom is -0.492 e. The Morgan fingerprint density at radius 2 is 1.69 bits per heavy atom. The lowest BCUT2D eigenvalue weighted by Gasteiger charge is -2.39. The molecule has 1 aliphatic carbocycles. The van der Waals surface area contributed by atoms with E-state index >= 15 is 0 Å². The molecule has 0 spiro atoms. The lowest BCUT2D eigenvalue weighted by atomic mass is 9.76. The summed E-state index contributed by atoms with van der Waals surface area (Å²) in [6.45, 7) is 1.48. The summed E-state index contributed by atoms with van der Waals surface area (Å²) in [5.74, 6) is -2.60. The van der Waals surface area contributed by atoms with Crippen LogP contribution in [-0.2, 0) is 15.0 Å². The summed E-state index contributed by atoms with van der Waals surface area (Å²) in [5, 5.41) is 12.3. The number of aliphatic carboxylic acids is 1. The molecule has 0 unspecified atom stereocenters. The predicted octanol–water partition coefficient (Wildman–Crippen LogP) is 5.46. The molecule has 9 nitrogen and oxygen atoms in total. The standard InChI is InChI=1S/C28H26F5NO8/c1-26(12-38-21-11-23-22(9-17(21)26)41-28(32,33)42-23)25(37)34-18-10-19(13-2-4-14(5-3-13)24(35)36)39-20-8-15(6-7-16(18)20)40-27(29,30)31/h6-9,11,13-14,18-19H,2-5,10,12H2,1H3,(H,34,37)(H,35,36)/t13-,14-,18-,19-,26+/m1/s1.